The highest BCUT2D eigenvalue weighted by molar-refractivity contribution is 6.06. The number of benzene rings is 4. The van der Waals surface area contributed by atoms with Crippen molar-refractivity contribution in [3.63, 3.8) is 0 Å². The van der Waals surface area contributed by atoms with E-state index in [-0.39, 0.29) is 37.4 Å². The van der Waals surface area contributed by atoms with Crippen LogP contribution >= 0.6 is 0 Å². The van der Waals surface area contributed by atoms with Gasteiger partial charge in [-0.2, -0.15) is 0 Å². The summed E-state index contributed by atoms with van der Waals surface area (Å²) in [6.07, 6.45) is 2.73. The molecule has 0 spiro atoms. The van der Waals surface area contributed by atoms with Gasteiger partial charge in [0.2, 0.25) is 0 Å². The molecule has 6 nitrogen and oxygen atoms in total. The zero-order valence-corrected chi connectivity index (χ0v) is 22.3. The molecule has 2 N–H and O–H groups in total. The summed E-state index contributed by atoms with van der Waals surface area (Å²) in [6, 6.07) is 32.2. The Hall–Kier alpha value is -4.71. The van der Waals surface area contributed by atoms with E-state index in [9.17, 15) is 19.5 Å². The van der Waals surface area contributed by atoms with E-state index in [1.54, 1.807) is 23.1 Å². The van der Waals surface area contributed by atoms with Gasteiger partial charge in [0.15, 0.2) is 0 Å². The second kappa shape index (κ2) is 12.4. The number of hydrogen-bond acceptors (Lipinski definition) is 3. The highest BCUT2D eigenvalue weighted by Crippen LogP contribution is 2.32. The molecule has 2 amide bonds. The van der Waals surface area contributed by atoms with E-state index >= 15 is 0 Å². The molecule has 5 rings (SSSR count). The lowest BCUT2D eigenvalue weighted by molar-refractivity contribution is -0.137. The summed E-state index contributed by atoms with van der Waals surface area (Å²) < 4.78 is 0. The average Bonchev–Trinajstić information content (AvgIpc) is 2.99. The molecule has 6 heteroatoms. The Morgan fingerprint density at radius 3 is 2.15 bits per heavy atom. The van der Waals surface area contributed by atoms with Crippen LogP contribution in [0, 0.1) is 0 Å². The minimum atomic E-state index is -0.967. The van der Waals surface area contributed by atoms with E-state index in [1.807, 2.05) is 72.8 Å². The van der Waals surface area contributed by atoms with Crippen molar-refractivity contribution in [2.45, 2.75) is 38.3 Å². The van der Waals surface area contributed by atoms with Crippen LogP contribution in [0.1, 0.15) is 62.7 Å². The van der Waals surface area contributed by atoms with Gasteiger partial charge in [-0.25, -0.2) is 0 Å². The third-order valence-electron chi connectivity index (χ3n) is 7.39. The molecule has 0 aromatic heterocycles. The average molecular weight is 533 g/mol. The van der Waals surface area contributed by atoms with Crippen LogP contribution in [-0.4, -0.2) is 34.3 Å². The predicted octanol–water partition coefficient (Wildman–Crippen LogP) is 6.28. The molecule has 0 aliphatic heterocycles. The fourth-order valence-electron chi connectivity index (χ4n) is 5.42. The van der Waals surface area contributed by atoms with Gasteiger partial charge in [-0.1, -0.05) is 91.0 Å². The molecule has 0 heterocycles. The number of nitrogens with one attached hydrogen (secondary N) is 1. The smallest absolute Gasteiger partial charge is 0.305 e. The fraction of sp³-hybridized carbons (Fsp3) is 0.206. The molecule has 1 aliphatic rings. The fourth-order valence-corrected chi connectivity index (χ4v) is 5.42. The number of rotatable bonds is 9. The summed E-state index contributed by atoms with van der Waals surface area (Å²) in [6.45, 7) is 0.352. The highest BCUT2D eigenvalue weighted by atomic mass is 16.4. The first-order valence-corrected chi connectivity index (χ1v) is 13.6. The van der Waals surface area contributed by atoms with E-state index in [2.05, 4.69) is 17.4 Å². The van der Waals surface area contributed by atoms with Crippen molar-refractivity contribution in [3.05, 3.63) is 131 Å². The van der Waals surface area contributed by atoms with Gasteiger partial charge < -0.3 is 15.3 Å². The topological polar surface area (TPSA) is 86.7 Å². The Labute approximate surface area is 234 Å². The first-order chi connectivity index (χ1) is 19.5. The highest BCUT2D eigenvalue weighted by Gasteiger charge is 2.25. The van der Waals surface area contributed by atoms with Crippen LogP contribution in [0.4, 0.5) is 0 Å². The van der Waals surface area contributed by atoms with Crippen molar-refractivity contribution in [3.8, 4) is 11.1 Å². The zero-order chi connectivity index (χ0) is 27.9. The van der Waals surface area contributed by atoms with E-state index in [0.29, 0.717) is 22.3 Å². The number of hydrogen-bond donors (Lipinski definition) is 2. The SMILES string of the molecule is O=C(O)CCN(Cc1ccccc1)C(=O)c1ccccc1-c1ccccc1C(=O)NC1CCCc2ccccc21. The van der Waals surface area contributed by atoms with Gasteiger partial charge in [0.1, 0.15) is 0 Å². The molecule has 1 unspecified atom stereocenters. The largest absolute Gasteiger partial charge is 0.481 e. The molecule has 1 atom stereocenters. The second-order valence-electron chi connectivity index (χ2n) is 10.1. The number of carbonyl (C=O) groups is 3. The van der Waals surface area contributed by atoms with Crippen LogP contribution in [-0.2, 0) is 17.8 Å². The quantitative estimate of drug-likeness (QED) is 0.266. The molecule has 0 saturated carbocycles. The number of fused-ring (bicyclic) bond motifs is 1. The first-order valence-electron chi connectivity index (χ1n) is 13.6. The van der Waals surface area contributed by atoms with Crippen molar-refractivity contribution in [1.29, 1.82) is 0 Å². The molecular weight excluding hydrogens is 500 g/mol. The molecule has 0 radical (unpaired) electrons. The van der Waals surface area contributed by atoms with Gasteiger partial charge in [0.05, 0.1) is 12.5 Å². The number of aryl methyl sites for hydroxylation is 1. The minimum absolute atomic E-state index is 0.0697. The lowest BCUT2D eigenvalue weighted by Gasteiger charge is -2.27. The molecule has 4 aromatic rings. The van der Waals surface area contributed by atoms with Crippen molar-refractivity contribution < 1.29 is 19.5 Å². The number of nitrogens with zero attached hydrogens (tertiary/aromatic N) is 1. The lowest BCUT2D eigenvalue weighted by atomic mass is 9.87. The van der Waals surface area contributed by atoms with Gasteiger partial charge in [-0.15, -0.1) is 0 Å². The van der Waals surface area contributed by atoms with Gasteiger partial charge in [0.25, 0.3) is 11.8 Å². The molecule has 40 heavy (non-hydrogen) atoms. The van der Waals surface area contributed by atoms with Gasteiger partial charge >= 0.3 is 5.97 Å². The zero-order valence-electron chi connectivity index (χ0n) is 22.3. The number of amides is 2. The second-order valence-corrected chi connectivity index (χ2v) is 10.1. The number of carbonyl (C=O) groups excluding carboxylic acids is 2. The first kappa shape index (κ1) is 26.9. The molecular formula is C34H32N2O4. The summed E-state index contributed by atoms with van der Waals surface area (Å²) in [5.41, 5.74) is 5.54. The van der Waals surface area contributed by atoms with Crippen LogP contribution < -0.4 is 5.32 Å². The summed E-state index contributed by atoms with van der Waals surface area (Å²) in [5.74, 6) is -1.44. The maximum absolute atomic E-state index is 13.9. The Morgan fingerprint density at radius 2 is 1.40 bits per heavy atom. The molecule has 0 fully saturated rings. The Morgan fingerprint density at radius 1 is 0.775 bits per heavy atom. The van der Waals surface area contributed by atoms with Crippen molar-refractivity contribution in [2.75, 3.05) is 6.54 Å². The Bertz CT molecular complexity index is 1520. The van der Waals surface area contributed by atoms with E-state index < -0.39 is 5.97 Å². The van der Waals surface area contributed by atoms with Crippen LogP contribution in [0.5, 0.6) is 0 Å². The van der Waals surface area contributed by atoms with Crippen molar-refractivity contribution in [2.24, 2.45) is 0 Å². The third-order valence-corrected chi connectivity index (χ3v) is 7.39. The third kappa shape index (κ3) is 6.12. The summed E-state index contributed by atoms with van der Waals surface area (Å²) in [7, 11) is 0. The number of carboxylic acids is 1. The summed E-state index contributed by atoms with van der Waals surface area (Å²) >= 11 is 0. The lowest BCUT2D eigenvalue weighted by Crippen LogP contribution is -2.33. The predicted molar refractivity (Wildman–Crippen MR) is 155 cm³/mol. The van der Waals surface area contributed by atoms with E-state index in [0.717, 1.165) is 30.4 Å². The maximum atomic E-state index is 13.9. The van der Waals surface area contributed by atoms with E-state index in [1.165, 1.54) is 5.56 Å². The van der Waals surface area contributed by atoms with Crippen LogP contribution in [0.3, 0.4) is 0 Å². The summed E-state index contributed by atoms with van der Waals surface area (Å²) in [5, 5.41) is 12.6. The number of aliphatic carboxylic acids is 1. The van der Waals surface area contributed by atoms with Crippen LogP contribution in [0.2, 0.25) is 0 Å². The molecule has 0 saturated heterocycles. The maximum Gasteiger partial charge on any atom is 0.305 e. The van der Waals surface area contributed by atoms with Gasteiger partial charge in [0, 0.05) is 24.2 Å². The summed E-state index contributed by atoms with van der Waals surface area (Å²) in [4.78, 5) is 40.5. The Kier molecular flexibility index (Phi) is 8.35. The van der Waals surface area contributed by atoms with Crippen molar-refractivity contribution >= 4 is 17.8 Å². The van der Waals surface area contributed by atoms with Gasteiger partial charge in [-0.05, 0) is 59.2 Å². The standard InChI is InChI=1S/C34H32N2O4/c37-32(38)21-22-36(23-24-11-2-1-3-12-24)34(40)30-19-9-7-17-28(30)27-16-6-8-18-29(27)33(39)35-31-20-10-14-25-13-4-5-15-26(25)31/h1-9,11-13,15-19,31H,10,14,20-23H2,(H,35,39)(H,37,38). The van der Waals surface area contributed by atoms with Crippen LogP contribution in [0.15, 0.2) is 103 Å². The van der Waals surface area contributed by atoms with Crippen LogP contribution in [0.25, 0.3) is 11.1 Å². The van der Waals surface area contributed by atoms with E-state index in [4.69, 9.17) is 0 Å². The molecule has 202 valence electrons. The minimum Gasteiger partial charge on any atom is -0.481 e. The normalized spacial score (nSPS) is 14.2. The van der Waals surface area contributed by atoms with Crippen molar-refractivity contribution in [1.82, 2.24) is 10.2 Å². The number of carboxylic acid groups (broad SMARTS) is 1. The monoisotopic (exact) mass is 532 g/mol. The molecule has 1 aliphatic carbocycles. The molecule has 0 bridgehead atoms. The Balaban J connectivity index is 1.46. The van der Waals surface area contributed by atoms with Gasteiger partial charge in [-0.3, -0.25) is 14.4 Å². The molecule has 4 aromatic carbocycles.